The molecule has 0 aliphatic heterocycles. The molecule has 0 saturated heterocycles. The van der Waals surface area contributed by atoms with Crippen molar-refractivity contribution in [1.29, 1.82) is 0 Å². The van der Waals surface area contributed by atoms with E-state index in [1.807, 2.05) is 0 Å². The third kappa shape index (κ3) is 1.74. The van der Waals surface area contributed by atoms with Crippen LogP contribution < -0.4 is 0 Å². The summed E-state index contributed by atoms with van der Waals surface area (Å²) in [6, 6.07) is 5.74. The monoisotopic (exact) mass is 231 g/mol. The fourth-order valence-corrected chi connectivity index (χ4v) is 1.37. The lowest BCUT2D eigenvalue weighted by atomic mass is 10.1. The summed E-state index contributed by atoms with van der Waals surface area (Å²) in [5.41, 5.74) is 0.661. The fraction of sp³-hybridized carbons (Fsp3) is 0. The zero-order valence-electron chi connectivity index (χ0n) is 6.80. The van der Waals surface area contributed by atoms with Gasteiger partial charge in [0.05, 0.1) is 0 Å². The lowest BCUT2D eigenvalue weighted by molar-refractivity contribution is 0.423. The lowest BCUT2D eigenvalue weighted by Gasteiger charge is -1.97. The van der Waals surface area contributed by atoms with Gasteiger partial charge in [0, 0.05) is 16.7 Å². The van der Waals surface area contributed by atoms with Gasteiger partial charge in [-0.25, -0.2) is 4.39 Å². The first-order valence-corrected chi connectivity index (χ1v) is 4.50. The molecular weight excluding hydrogens is 228 g/mol. The summed E-state index contributed by atoms with van der Waals surface area (Å²) < 4.78 is 18.0. The Hall–Kier alpha value is -1.06. The normalized spacial score (nSPS) is 10.5. The van der Waals surface area contributed by atoms with Crippen molar-refractivity contribution >= 4 is 23.2 Å². The molecule has 0 bridgehead atoms. The van der Waals surface area contributed by atoms with Crippen molar-refractivity contribution in [3.8, 4) is 11.3 Å². The van der Waals surface area contributed by atoms with Crippen LogP contribution in [-0.2, 0) is 0 Å². The first-order chi connectivity index (χ1) is 6.66. The number of rotatable bonds is 1. The van der Waals surface area contributed by atoms with Gasteiger partial charge >= 0.3 is 0 Å². The molecule has 0 spiro atoms. The van der Waals surface area contributed by atoms with Crippen molar-refractivity contribution in [2.75, 3.05) is 0 Å². The van der Waals surface area contributed by atoms with E-state index in [1.54, 1.807) is 6.07 Å². The van der Waals surface area contributed by atoms with Gasteiger partial charge in [-0.15, -0.1) is 0 Å². The van der Waals surface area contributed by atoms with Crippen LogP contribution >= 0.6 is 23.2 Å². The number of benzene rings is 1. The van der Waals surface area contributed by atoms with E-state index in [2.05, 4.69) is 9.68 Å². The Bertz CT molecular complexity index is 470. The van der Waals surface area contributed by atoms with Gasteiger partial charge in [-0.05, 0) is 29.8 Å². The third-order valence-electron chi connectivity index (χ3n) is 1.69. The Labute approximate surface area is 89.2 Å². The van der Waals surface area contributed by atoms with Gasteiger partial charge in [-0.1, -0.05) is 16.8 Å². The largest absolute Gasteiger partial charge is 0.344 e. The molecule has 1 aromatic carbocycles. The van der Waals surface area contributed by atoms with Gasteiger partial charge in [-0.2, -0.15) is 0 Å². The molecule has 0 N–H and O–H groups in total. The molecule has 2 nitrogen and oxygen atoms in total. The smallest absolute Gasteiger partial charge is 0.226 e. The second kappa shape index (κ2) is 3.59. The second-order valence-corrected chi connectivity index (χ2v) is 3.45. The summed E-state index contributed by atoms with van der Waals surface area (Å²) in [5, 5.41) is 4.04. The third-order valence-corrected chi connectivity index (χ3v) is 2.10. The summed E-state index contributed by atoms with van der Waals surface area (Å²) in [6.07, 6.45) is 0. The molecule has 5 heteroatoms. The summed E-state index contributed by atoms with van der Waals surface area (Å²) in [4.78, 5) is 0. The van der Waals surface area contributed by atoms with Crippen LogP contribution in [-0.4, -0.2) is 5.16 Å². The second-order valence-electron chi connectivity index (χ2n) is 2.64. The highest BCUT2D eigenvalue weighted by Gasteiger charge is 2.10. The predicted octanol–water partition coefficient (Wildman–Crippen LogP) is 3.79. The maximum Gasteiger partial charge on any atom is 0.226 e. The number of hydrogen-bond acceptors (Lipinski definition) is 2. The average molecular weight is 232 g/mol. The Morgan fingerprint density at radius 1 is 1.21 bits per heavy atom. The minimum absolute atomic E-state index is 0.120. The first-order valence-electron chi connectivity index (χ1n) is 3.74. The van der Waals surface area contributed by atoms with E-state index in [4.69, 9.17) is 23.2 Å². The molecule has 0 fully saturated rings. The minimum atomic E-state index is -0.456. The van der Waals surface area contributed by atoms with Crippen molar-refractivity contribution in [3.05, 3.63) is 40.3 Å². The zero-order chi connectivity index (χ0) is 10.1. The molecule has 0 saturated carbocycles. The topological polar surface area (TPSA) is 26.0 Å². The van der Waals surface area contributed by atoms with Crippen molar-refractivity contribution in [3.63, 3.8) is 0 Å². The van der Waals surface area contributed by atoms with E-state index < -0.39 is 5.82 Å². The van der Waals surface area contributed by atoms with Gasteiger partial charge in [0.2, 0.25) is 5.22 Å². The molecule has 0 amide bonds. The molecule has 0 aliphatic rings. The first kappa shape index (κ1) is 9.49. The van der Waals surface area contributed by atoms with Gasteiger partial charge in [0.1, 0.15) is 11.5 Å². The highest BCUT2D eigenvalue weighted by atomic mass is 35.5. The van der Waals surface area contributed by atoms with E-state index >= 15 is 0 Å². The molecule has 1 heterocycles. The summed E-state index contributed by atoms with van der Waals surface area (Å²) >= 11 is 11.1. The lowest BCUT2D eigenvalue weighted by Crippen LogP contribution is -1.83. The molecule has 0 unspecified atom stereocenters. The fourth-order valence-electron chi connectivity index (χ4n) is 1.08. The number of hydrogen-bond donors (Lipinski definition) is 0. The van der Waals surface area contributed by atoms with Crippen LogP contribution in [0.1, 0.15) is 0 Å². The molecule has 0 radical (unpaired) electrons. The van der Waals surface area contributed by atoms with Crippen LogP contribution in [0.5, 0.6) is 0 Å². The SMILES string of the molecule is Fc1cc(Cl)ccc1-c1cc(Cl)on1. The molecule has 14 heavy (non-hydrogen) atoms. The number of halogens is 3. The minimum Gasteiger partial charge on any atom is -0.344 e. The zero-order valence-corrected chi connectivity index (χ0v) is 8.31. The van der Waals surface area contributed by atoms with Crippen LogP contribution in [0.15, 0.2) is 28.8 Å². The molecular formula is C9H4Cl2FNO. The predicted molar refractivity (Wildman–Crippen MR) is 51.9 cm³/mol. The summed E-state index contributed by atoms with van der Waals surface area (Å²) in [7, 11) is 0. The molecule has 0 atom stereocenters. The Morgan fingerprint density at radius 2 is 2.00 bits per heavy atom. The molecule has 2 rings (SSSR count). The van der Waals surface area contributed by atoms with E-state index in [0.29, 0.717) is 16.3 Å². The van der Waals surface area contributed by atoms with Crippen LogP contribution in [0.4, 0.5) is 4.39 Å². The Balaban J connectivity index is 2.52. The van der Waals surface area contributed by atoms with Crippen molar-refractivity contribution in [1.82, 2.24) is 5.16 Å². The van der Waals surface area contributed by atoms with Crippen molar-refractivity contribution < 1.29 is 8.91 Å². The standard InChI is InChI=1S/C9H4Cl2FNO/c10-5-1-2-6(7(12)3-5)8-4-9(11)14-13-8/h1-4H. The van der Waals surface area contributed by atoms with Gasteiger partial charge in [0.15, 0.2) is 0 Å². The number of nitrogens with zero attached hydrogens (tertiary/aromatic N) is 1. The maximum absolute atomic E-state index is 13.3. The Kier molecular flexibility index (Phi) is 2.44. The van der Waals surface area contributed by atoms with E-state index in [0.717, 1.165) is 0 Å². The van der Waals surface area contributed by atoms with Crippen LogP contribution in [0, 0.1) is 5.82 Å². The van der Waals surface area contributed by atoms with Crippen molar-refractivity contribution in [2.45, 2.75) is 0 Å². The summed E-state index contributed by atoms with van der Waals surface area (Å²) in [6.45, 7) is 0. The van der Waals surface area contributed by atoms with Crippen LogP contribution in [0.25, 0.3) is 11.3 Å². The maximum atomic E-state index is 13.3. The number of aromatic nitrogens is 1. The van der Waals surface area contributed by atoms with Crippen LogP contribution in [0.3, 0.4) is 0 Å². The molecule has 0 aliphatic carbocycles. The van der Waals surface area contributed by atoms with E-state index in [-0.39, 0.29) is 5.22 Å². The van der Waals surface area contributed by atoms with E-state index in [9.17, 15) is 4.39 Å². The van der Waals surface area contributed by atoms with E-state index in [1.165, 1.54) is 18.2 Å². The highest BCUT2D eigenvalue weighted by molar-refractivity contribution is 6.30. The van der Waals surface area contributed by atoms with Gasteiger partial charge in [0.25, 0.3) is 0 Å². The average Bonchev–Trinajstić information content (AvgIpc) is 2.51. The Morgan fingerprint density at radius 3 is 2.57 bits per heavy atom. The van der Waals surface area contributed by atoms with Gasteiger partial charge in [-0.3, -0.25) is 0 Å². The highest BCUT2D eigenvalue weighted by Crippen LogP contribution is 2.26. The van der Waals surface area contributed by atoms with Gasteiger partial charge < -0.3 is 4.52 Å². The van der Waals surface area contributed by atoms with Crippen LogP contribution in [0.2, 0.25) is 10.2 Å². The molecule has 72 valence electrons. The quantitative estimate of drug-likeness (QED) is 0.747. The summed E-state index contributed by atoms with van der Waals surface area (Å²) in [5.74, 6) is -0.456. The molecule has 1 aromatic heterocycles. The molecule has 2 aromatic rings. The van der Waals surface area contributed by atoms with Crippen molar-refractivity contribution in [2.24, 2.45) is 0 Å².